The molecule has 1 amide bonds. The van der Waals surface area contributed by atoms with Gasteiger partial charge in [0.15, 0.2) is 0 Å². The Hall–Kier alpha value is -3.50. The van der Waals surface area contributed by atoms with Gasteiger partial charge in [-0.3, -0.25) is 9.59 Å². The van der Waals surface area contributed by atoms with Gasteiger partial charge in [0.05, 0.1) is 13.0 Å². The van der Waals surface area contributed by atoms with E-state index in [1.807, 2.05) is 6.92 Å². The van der Waals surface area contributed by atoms with Crippen molar-refractivity contribution in [1.29, 1.82) is 0 Å². The van der Waals surface area contributed by atoms with Crippen LogP contribution in [0.3, 0.4) is 0 Å². The fourth-order valence-corrected chi connectivity index (χ4v) is 5.97. The van der Waals surface area contributed by atoms with Crippen LogP contribution in [0.4, 0.5) is 5.69 Å². The van der Waals surface area contributed by atoms with Crippen molar-refractivity contribution in [3.05, 3.63) is 70.1 Å². The Balaban J connectivity index is 1.52. The zero-order valence-corrected chi connectivity index (χ0v) is 20.7. The molecule has 1 aromatic heterocycles. The first-order valence-electron chi connectivity index (χ1n) is 11.3. The Morgan fingerprint density at radius 3 is 2.71 bits per heavy atom. The second kappa shape index (κ2) is 10.0. The molecule has 10 heteroatoms. The van der Waals surface area contributed by atoms with E-state index in [2.05, 4.69) is 15.3 Å². The molecule has 0 saturated carbocycles. The number of anilines is 1. The van der Waals surface area contributed by atoms with E-state index in [-0.39, 0.29) is 28.7 Å². The molecule has 0 spiro atoms. The Labute approximate surface area is 204 Å². The summed E-state index contributed by atoms with van der Waals surface area (Å²) in [6, 6.07) is 13.4. The van der Waals surface area contributed by atoms with E-state index in [0.717, 1.165) is 5.56 Å². The van der Waals surface area contributed by atoms with Crippen molar-refractivity contribution >= 4 is 21.6 Å². The number of piperidine rings is 1. The van der Waals surface area contributed by atoms with Crippen LogP contribution < -0.4 is 15.6 Å². The molecular formula is C25H28N4O5S. The summed E-state index contributed by atoms with van der Waals surface area (Å²) >= 11 is 0. The van der Waals surface area contributed by atoms with Crippen LogP contribution in [-0.4, -0.2) is 48.8 Å². The van der Waals surface area contributed by atoms with Gasteiger partial charge in [0.25, 0.3) is 5.56 Å². The zero-order valence-electron chi connectivity index (χ0n) is 19.9. The predicted molar refractivity (Wildman–Crippen MR) is 133 cm³/mol. The van der Waals surface area contributed by atoms with Gasteiger partial charge < -0.3 is 15.0 Å². The van der Waals surface area contributed by atoms with Crippen LogP contribution in [0.5, 0.6) is 5.75 Å². The molecule has 1 unspecified atom stereocenters. The lowest BCUT2D eigenvalue weighted by molar-refractivity contribution is -0.120. The summed E-state index contributed by atoms with van der Waals surface area (Å²) in [7, 11) is -2.39. The summed E-state index contributed by atoms with van der Waals surface area (Å²) in [5, 5.41) is 2.89. The molecule has 2 N–H and O–H groups in total. The fraction of sp³-hybridized carbons (Fsp3) is 0.320. The number of nitrogens with zero attached hydrogens (tertiary/aromatic N) is 2. The van der Waals surface area contributed by atoms with E-state index in [4.69, 9.17) is 4.74 Å². The highest BCUT2D eigenvalue weighted by Crippen LogP contribution is 2.31. The highest BCUT2D eigenvalue weighted by Gasteiger charge is 2.35. The summed E-state index contributed by atoms with van der Waals surface area (Å²) < 4.78 is 33.4. The number of hydrogen-bond donors (Lipinski definition) is 2. The van der Waals surface area contributed by atoms with Gasteiger partial charge in [-0.15, -0.1) is 0 Å². The van der Waals surface area contributed by atoms with Crippen molar-refractivity contribution in [3.8, 4) is 17.1 Å². The lowest BCUT2D eigenvalue weighted by Gasteiger charge is -2.31. The van der Waals surface area contributed by atoms with Crippen molar-refractivity contribution in [2.24, 2.45) is 5.92 Å². The molecule has 2 aromatic carbocycles. The molecule has 4 rings (SSSR count). The monoisotopic (exact) mass is 496 g/mol. The number of aryl methyl sites for hydroxylation is 2. The second-order valence-corrected chi connectivity index (χ2v) is 10.6. The normalized spacial score (nSPS) is 16.6. The number of nitrogens with one attached hydrogen (secondary N) is 2. The van der Waals surface area contributed by atoms with Gasteiger partial charge in [-0.25, -0.2) is 13.4 Å². The van der Waals surface area contributed by atoms with Crippen LogP contribution in [0.2, 0.25) is 0 Å². The van der Waals surface area contributed by atoms with Gasteiger partial charge in [0.1, 0.15) is 16.5 Å². The summed E-state index contributed by atoms with van der Waals surface area (Å²) in [5.74, 6) is -0.0752. The number of aromatic nitrogens is 2. The molecule has 2 heterocycles. The minimum absolute atomic E-state index is 0.0811. The third kappa shape index (κ3) is 5.44. The molecule has 35 heavy (non-hydrogen) atoms. The highest BCUT2D eigenvalue weighted by molar-refractivity contribution is 7.89. The first-order chi connectivity index (χ1) is 16.7. The quantitative estimate of drug-likeness (QED) is 0.541. The molecule has 3 aromatic rings. The van der Waals surface area contributed by atoms with Crippen LogP contribution in [0.25, 0.3) is 11.4 Å². The Morgan fingerprint density at radius 1 is 1.17 bits per heavy atom. The number of methoxy groups -OCH3 is 1. The largest absolute Gasteiger partial charge is 0.495 e. The molecule has 1 fully saturated rings. The van der Waals surface area contributed by atoms with Crippen LogP contribution >= 0.6 is 0 Å². The number of ether oxygens (including phenoxy) is 1. The summed E-state index contributed by atoms with van der Waals surface area (Å²) in [4.78, 5) is 32.0. The van der Waals surface area contributed by atoms with Crippen molar-refractivity contribution in [2.45, 2.75) is 31.6 Å². The predicted octanol–water partition coefficient (Wildman–Crippen LogP) is 3.10. The van der Waals surface area contributed by atoms with E-state index in [1.165, 1.54) is 17.5 Å². The molecule has 1 aliphatic rings. The minimum Gasteiger partial charge on any atom is -0.495 e. The topological polar surface area (TPSA) is 121 Å². The molecule has 1 saturated heterocycles. The number of H-pyrrole nitrogens is 1. The molecule has 0 radical (unpaired) electrons. The standard InChI is InChI=1S/C25H28N4O5S/c1-16-9-10-21(34-3)22(12-16)35(32,33)29-11-5-7-19(15-29)25(31)27-20-8-4-6-18(14-20)24-26-17(2)13-23(30)28-24/h4,6,8-10,12-14,19H,5,7,11,15H2,1-3H3,(H,27,31)(H,26,28,30). The number of aromatic amines is 1. The smallest absolute Gasteiger partial charge is 0.251 e. The molecular weight excluding hydrogens is 468 g/mol. The van der Waals surface area contributed by atoms with Gasteiger partial charge in [0.2, 0.25) is 15.9 Å². The fourth-order valence-electron chi connectivity index (χ4n) is 4.20. The second-order valence-electron chi connectivity index (χ2n) is 8.66. The summed E-state index contributed by atoms with van der Waals surface area (Å²) in [5.41, 5.74) is 2.34. The maximum absolute atomic E-state index is 13.4. The van der Waals surface area contributed by atoms with Gasteiger partial charge >= 0.3 is 0 Å². The SMILES string of the molecule is COc1ccc(C)cc1S(=O)(=O)N1CCCC(C(=O)Nc2cccc(-c3nc(C)cc(=O)[nH]3)c2)C1. The van der Waals surface area contributed by atoms with E-state index < -0.39 is 15.9 Å². The van der Waals surface area contributed by atoms with Crippen molar-refractivity contribution in [3.63, 3.8) is 0 Å². The molecule has 0 bridgehead atoms. The van der Waals surface area contributed by atoms with Gasteiger partial charge in [-0.2, -0.15) is 4.31 Å². The van der Waals surface area contributed by atoms with Crippen LogP contribution in [-0.2, 0) is 14.8 Å². The number of hydrogen-bond acceptors (Lipinski definition) is 6. The number of amides is 1. The minimum atomic E-state index is -3.83. The maximum Gasteiger partial charge on any atom is 0.251 e. The Kier molecular flexibility index (Phi) is 7.04. The third-order valence-electron chi connectivity index (χ3n) is 5.97. The number of rotatable bonds is 6. The first-order valence-corrected chi connectivity index (χ1v) is 12.8. The van der Waals surface area contributed by atoms with E-state index >= 15 is 0 Å². The number of benzene rings is 2. The average molecular weight is 497 g/mol. The number of carbonyl (C=O) groups is 1. The van der Waals surface area contributed by atoms with E-state index in [0.29, 0.717) is 42.2 Å². The lowest BCUT2D eigenvalue weighted by Crippen LogP contribution is -2.43. The van der Waals surface area contributed by atoms with E-state index in [1.54, 1.807) is 49.4 Å². The molecule has 9 nitrogen and oxygen atoms in total. The molecule has 1 atom stereocenters. The van der Waals surface area contributed by atoms with Crippen LogP contribution in [0.1, 0.15) is 24.1 Å². The lowest BCUT2D eigenvalue weighted by atomic mass is 9.98. The summed E-state index contributed by atoms with van der Waals surface area (Å²) in [6.07, 6.45) is 1.15. The third-order valence-corrected chi connectivity index (χ3v) is 7.85. The van der Waals surface area contributed by atoms with Crippen molar-refractivity contribution in [2.75, 3.05) is 25.5 Å². The Morgan fingerprint density at radius 2 is 1.97 bits per heavy atom. The molecule has 184 valence electrons. The maximum atomic E-state index is 13.4. The van der Waals surface area contributed by atoms with Crippen molar-refractivity contribution in [1.82, 2.24) is 14.3 Å². The average Bonchev–Trinajstić information content (AvgIpc) is 2.83. The molecule has 1 aliphatic heterocycles. The van der Waals surface area contributed by atoms with Crippen LogP contribution in [0, 0.1) is 19.8 Å². The highest BCUT2D eigenvalue weighted by atomic mass is 32.2. The number of sulfonamides is 1. The Bertz CT molecular complexity index is 1420. The first kappa shape index (κ1) is 24.6. The number of carbonyl (C=O) groups excluding carboxylic acids is 1. The zero-order chi connectivity index (χ0) is 25.2. The van der Waals surface area contributed by atoms with Gasteiger partial charge in [-0.05, 0) is 56.5 Å². The van der Waals surface area contributed by atoms with Gasteiger partial charge in [-0.1, -0.05) is 18.2 Å². The van der Waals surface area contributed by atoms with Gasteiger partial charge in [0, 0.05) is 36.1 Å². The van der Waals surface area contributed by atoms with Crippen molar-refractivity contribution < 1.29 is 17.9 Å². The van der Waals surface area contributed by atoms with Crippen LogP contribution in [0.15, 0.2) is 58.2 Å². The summed E-state index contributed by atoms with van der Waals surface area (Å²) in [6.45, 7) is 3.98. The van der Waals surface area contributed by atoms with E-state index in [9.17, 15) is 18.0 Å². The molecule has 0 aliphatic carbocycles.